The van der Waals surface area contributed by atoms with Crippen LogP contribution in [0.15, 0.2) is 5.10 Å². The van der Waals surface area contributed by atoms with E-state index in [0.29, 0.717) is 13.1 Å². The predicted molar refractivity (Wildman–Crippen MR) is 44.4 cm³/mol. The largest absolute Gasteiger partial charge is 0.386 e. The first-order valence-electron chi connectivity index (χ1n) is 3.73. The second kappa shape index (κ2) is 2.70. The van der Waals surface area contributed by atoms with Gasteiger partial charge in [-0.2, -0.15) is 5.10 Å². The van der Waals surface area contributed by atoms with E-state index in [0.717, 1.165) is 5.84 Å². The molecule has 0 atom stereocenters. The maximum Gasteiger partial charge on any atom is 0.121 e. The van der Waals surface area contributed by atoms with Gasteiger partial charge >= 0.3 is 0 Å². The number of hydrazone groups is 1. The quantitative estimate of drug-likeness (QED) is 0.309. The van der Waals surface area contributed by atoms with Crippen molar-refractivity contribution in [1.29, 1.82) is 0 Å². The van der Waals surface area contributed by atoms with Crippen LogP contribution in [0.3, 0.4) is 0 Å². The average Bonchev–Trinajstić information content (AvgIpc) is 1.83. The van der Waals surface area contributed by atoms with Crippen molar-refractivity contribution in [3.63, 3.8) is 0 Å². The van der Waals surface area contributed by atoms with Gasteiger partial charge in [0.15, 0.2) is 0 Å². The van der Waals surface area contributed by atoms with Crippen molar-refractivity contribution in [3.05, 3.63) is 0 Å². The van der Waals surface area contributed by atoms with E-state index >= 15 is 0 Å². The van der Waals surface area contributed by atoms with Crippen LogP contribution < -0.4 is 5.43 Å². The summed E-state index contributed by atoms with van der Waals surface area (Å²) < 4.78 is 0. The van der Waals surface area contributed by atoms with Crippen LogP contribution in [-0.4, -0.2) is 41.6 Å². The summed E-state index contributed by atoms with van der Waals surface area (Å²) in [7, 11) is 1.77. The molecule has 0 amide bonds. The van der Waals surface area contributed by atoms with E-state index in [4.69, 9.17) is 0 Å². The second-order valence-corrected chi connectivity index (χ2v) is 3.24. The second-order valence-electron chi connectivity index (χ2n) is 3.24. The Morgan fingerprint density at radius 1 is 1.64 bits per heavy atom. The Hall–Kier alpha value is -0.770. The zero-order chi connectivity index (χ0) is 8.48. The number of rotatable bonds is 1. The summed E-state index contributed by atoms with van der Waals surface area (Å²) in [6.07, 6.45) is 0. The number of nitrogens with zero attached hydrogens (tertiary/aromatic N) is 2. The van der Waals surface area contributed by atoms with Gasteiger partial charge in [0.2, 0.25) is 0 Å². The van der Waals surface area contributed by atoms with Crippen molar-refractivity contribution in [1.82, 2.24) is 10.3 Å². The van der Waals surface area contributed by atoms with Crippen molar-refractivity contribution in [2.45, 2.75) is 19.4 Å². The maximum absolute atomic E-state index is 9.38. The van der Waals surface area contributed by atoms with Crippen LogP contribution in [0.4, 0.5) is 0 Å². The summed E-state index contributed by atoms with van der Waals surface area (Å²) in [6, 6.07) is 0. The van der Waals surface area contributed by atoms with Crippen molar-refractivity contribution < 1.29 is 5.11 Å². The van der Waals surface area contributed by atoms with Gasteiger partial charge in [-0.3, -0.25) is 0 Å². The average molecular weight is 157 g/mol. The van der Waals surface area contributed by atoms with E-state index in [2.05, 4.69) is 10.5 Å². The molecule has 1 saturated heterocycles. The number of likely N-dealkylation sites (tertiary alicyclic amines) is 1. The molecule has 0 radical (unpaired) electrons. The molecule has 0 saturated carbocycles. The number of hydrogen-bond acceptors (Lipinski definition) is 3. The summed E-state index contributed by atoms with van der Waals surface area (Å²) in [6.45, 7) is 5.12. The number of hydrogen-bond donors (Lipinski definition) is 2. The summed E-state index contributed by atoms with van der Waals surface area (Å²) in [5.41, 5.74) is 2.20. The lowest BCUT2D eigenvalue weighted by atomic mass is 9.97. The van der Waals surface area contributed by atoms with Gasteiger partial charge in [0.05, 0.1) is 5.60 Å². The van der Waals surface area contributed by atoms with Crippen LogP contribution >= 0.6 is 0 Å². The molecule has 11 heavy (non-hydrogen) atoms. The fourth-order valence-electron chi connectivity index (χ4n) is 1.24. The number of β-amino-alcohol motifs (C(OH)–C–C–N with tert-alkyl or cyclic N) is 1. The zero-order valence-corrected chi connectivity index (χ0v) is 7.26. The summed E-state index contributed by atoms with van der Waals surface area (Å²) >= 11 is 0. The number of amidine groups is 1. The van der Waals surface area contributed by atoms with E-state index in [1.165, 1.54) is 0 Å². The molecule has 0 aromatic heterocycles. The normalized spacial score (nSPS) is 22.9. The molecule has 0 unspecified atom stereocenters. The Balaban J connectivity index is 2.38. The van der Waals surface area contributed by atoms with Crippen LogP contribution in [0.5, 0.6) is 0 Å². The monoisotopic (exact) mass is 157 g/mol. The summed E-state index contributed by atoms with van der Waals surface area (Å²) in [4.78, 5) is 2.02. The van der Waals surface area contributed by atoms with Gasteiger partial charge in [0.1, 0.15) is 5.84 Å². The van der Waals surface area contributed by atoms with E-state index in [-0.39, 0.29) is 0 Å². The molecule has 1 aliphatic heterocycles. The predicted octanol–water partition coefficient (Wildman–Crippen LogP) is -0.394. The molecule has 64 valence electrons. The van der Waals surface area contributed by atoms with E-state index in [9.17, 15) is 5.11 Å². The highest BCUT2D eigenvalue weighted by atomic mass is 16.3. The van der Waals surface area contributed by atoms with Crippen LogP contribution in [0.1, 0.15) is 13.8 Å². The fraction of sp³-hybridized carbons (Fsp3) is 0.857. The SMILES string of the molecule is CN/N=C(\C)N1CC(C)(O)C1. The van der Waals surface area contributed by atoms with Gasteiger partial charge in [-0.25, -0.2) is 0 Å². The maximum atomic E-state index is 9.38. The van der Waals surface area contributed by atoms with Crippen molar-refractivity contribution >= 4 is 5.84 Å². The van der Waals surface area contributed by atoms with E-state index < -0.39 is 5.60 Å². The Kier molecular flexibility index (Phi) is 2.04. The molecular formula is C7H15N3O. The van der Waals surface area contributed by atoms with Gasteiger partial charge in [-0.05, 0) is 13.8 Å². The smallest absolute Gasteiger partial charge is 0.121 e. The molecule has 4 nitrogen and oxygen atoms in total. The molecule has 0 aromatic carbocycles. The lowest BCUT2D eigenvalue weighted by molar-refractivity contribution is -0.0501. The number of nitrogens with one attached hydrogen (secondary N) is 1. The Morgan fingerprint density at radius 2 is 2.18 bits per heavy atom. The molecule has 1 heterocycles. The first-order chi connectivity index (χ1) is 5.05. The minimum atomic E-state index is -0.509. The lowest BCUT2D eigenvalue weighted by Gasteiger charge is -2.45. The molecule has 2 N–H and O–H groups in total. The standard InChI is InChI=1S/C7H15N3O/c1-6(9-8-3)10-4-7(2,11)5-10/h8,11H,4-5H2,1-3H3/b9-6+. The minimum Gasteiger partial charge on any atom is -0.386 e. The fourth-order valence-corrected chi connectivity index (χ4v) is 1.24. The molecule has 1 aliphatic rings. The molecule has 0 spiro atoms. The third-order valence-corrected chi connectivity index (χ3v) is 1.79. The Labute approximate surface area is 66.9 Å². The third kappa shape index (κ3) is 1.83. The van der Waals surface area contributed by atoms with Crippen molar-refractivity contribution in [2.24, 2.45) is 5.10 Å². The van der Waals surface area contributed by atoms with Gasteiger partial charge in [0.25, 0.3) is 0 Å². The minimum absolute atomic E-state index is 0.509. The topological polar surface area (TPSA) is 47.9 Å². The van der Waals surface area contributed by atoms with Gasteiger partial charge in [0, 0.05) is 20.1 Å². The van der Waals surface area contributed by atoms with Crippen LogP contribution in [0.25, 0.3) is 0 Å². The van der Waals surface area contributed by atoms with Gasteiger partial charge in [-0.15, -0.1) is 0 Å². The van der Waals surface area contributed by atoms with E-state index in [1.807, 2.05) is 18.7 Å². The van der Waals surface area contributed by atoms with E-state index in [1.54, 1.807) is 7.05 Å². The molecule has 1 rings (SSSR count). The van der Waals surface area contributed by atoms with Crippen LogP contribution in [-0.2, 0) is 0 Å². The first-order valence-corrected chi connectivity index (χ1v) is 3.73. The van der Waals surface area contributed by atoms with Gasteiger partial charge < -0.3 is 15.4 Å². The molecular weight excluding hydrogens is 142 g/mol. The molecule has 0 bridgehead atoms. The molecule has 4 heteroatoms. The first kappa shape index (κ1) is 8.33. The molecule has 0 aliphatic carbocycles. The van der Waals surface area contributed by atoms with Crippen molar-refractivity contribution in [2.75, 3.05) is 20.1 Å². The summed E-state index contributed by atoms with van der Waals surface area (Å²) in [5, 5.41) is 13.4. The van der Waals surface area contributed by atoms with Crippen LogP contribution in [0, 0.1) is 0 Å². The summed E-state index contributed by atoms with van der Waals surface area (Å²) in [5.74, 6) is 0.930. The van der Waals surface area contributed by atoms with Gasteiger partial charge in [-0.1, -0.05) is 0 Å². The van der Waals surface area contributed by atoms with Crippen LogP contribution in [0.2, 0.25) is 0 Å². The highest BCUT2D eigenvalue weighted by Crippen LogP contribution is 2.19. The highest BCUT2D eigenvalue weighted by molar-refractivity contribution is 5.80. The Bertz CT molecular complexity index is 169. The van der Waals surface area contributed by atoms with Crippen molar-refractivity contribution in [3.8, 4) is 0 Å². The molecule has 0 aromatic rings. The number of aliphatic hydroxyl groups is 1. The Morgan fingerprint density at radius 3 is 2.55 bits per heavy atom. The zero-order valence-electron chi connectivity index (χ0n) is 7.26. The molecule has 1 fully saturated rings. The third-order valence-electron chi connectivity index (χ3n) is 1.79. The lowest BCUT2D eigenvalue weighted by Crippen LogP contribution is -2.61. The highest BCUT2D eigenvalue weighted by Gasteiger charge is 2.36.